The van der Waals surface area contributed by atoms with E-state index >= 15 is 0 Å². The Balaban J connectivity index is 2.68. The summed E-state index contributed by atoms with van der Waals surface area (Å²) in [7, 11) is -3.42. The molecular formula is C13H23N3O2S. The maximum absolute atomic E-state index is 12.0. The molecule has 3 N–H and O–H groups in total. The van der Waals surface area contributed by atoms with Crippen LogP contribution >= 0.6 is 0 Å². The molecule has 0 aromatic heterocycles. The molecule has 0 spiro atoms. The van der Waals surface area contributed by atoms with E-state index in [9.17, 15) is 8.42 Å². The van der Waals surface area contributed by atoms with E-state index in [4.69, 9.17) is 0 Å². The lowest BCUT2D eigenvalue weighted by Crippen LogP contribution is -2.26. The topological polar surface area (TPSA) is 70.2 Å². The van der Waals surface area contributed by atoms with Crippen molar-refractivity contribution < 1.29 is 8.42 Å². The highest BCUT2D eigenvalue weighted by molar-refractivity contribution is 7.89. The molecule has 0 aliphatic heterocycles. The van der Waals surface area contributed by atoms with Gasteiger partial charge in [-0.15, -0.1) is 0 Å². The second-order valence-electron chi connectivity index (χ2n) is 4.17. The van der Waals surface area contributed by atoms with Crippen LogP contribution in [0.1, 0.15) is 20.3 Å². The van der Waals surface area contributed by atoms with Crippen molar-refractivity contribution in [3.05, 3.63) is 24.3 Å². The summed E-state index contributed by atoms with van der Waals surface area (Å²) in [5.41, 5.74) is 0.641. The quantitative estimate of drug-likeness (QED) is 0.600. The minimum absolute atomic E-state index is 0.298. The van der Waals surface area contributed by atoms with Crippen LogP contribution in [0.25, 0.3) is 0 Å². The van der Waals surface area contributed by atoms with Gasteiger partial charge in [0.15, 0.2) is 0 Å². The average molecular weight is 285 g/mol. The summed E-state index contributed by atoms with van der Waals surface area (Å²) in [5, 5.41) is 6.42. The van der Waals surface area contributed by atoms with Gasteiger partial charge in [0.1, 0.15) is 4.90 Å². The second kappa shape index (κ2) is 8.14. The van der Waals surface area contributed by atoms with Gasteiger partial charge < -0.3 is 10.6 Å². The molecule has 0 amide bonds. The number of hydrogen-bond donors (Lipinski definition) is 3. The molecule has 1 rings (SSSR count). The summed E-state index contributed by atoms with van der Waals surface area (Å²) in [6, 6.07) is 6.95. The van der Waals surface area contributed by atoms with Gasteiger partial charge in [0.25, 0.3) is 0 Å². The molecule has 1 aromatic carbocycles. The van der Waals surface area contributed by atoms with Crippen molar-refractivity contribution >= 4 is 15.7 Å². The molecule has 0 atom stereocenters. The Kier molecular flexibility index (Phi) is 6.83. The van der Waals surface area contributed by atoms with Crippen LogP contribution in [0.15, 0.2) is 29.2 Å². The van der Waals surface area contributed by atoms with Crippen molar-refractivity contribution in [3.63, 3.8) is 0 Å². The van der Waals surface area contributed by atoms with Gasteiger partial charge in [-0.2, -0.15) is 0 Å². The minimum Gasteiger partial charge on any atom is -0.383 e. The highest BCUT2D eigenvalue weighted by Crippen LogP contribution is 2.19. The maximum Gasteiger partial charge on any atom is 0.242 e. The van der Waals surface area contributed by atoms with E-state index in [1.807, 2.05) is 6.07 Å². The average Bonchev–Trinajstić information content (AvgIpc) is 2.39. The van der Waals surface area contributed by atoms with Crippen LogP contribution in [0.4, 0.5) is 5.69 Å². The smallest absolute Gasteiger partial charge is 0.242 e. The molecule has 19 heavy (non-hydrogen) atoms. The van der Waals surface area contributed by atoms with Gasteiger partial charge in [0, 0.05) is 19.6 Å². The third kappa shape index (κ3) is 5.18. The maximum atomic E-state index is 12.0. The van der Waals surface area contributed by atoms with E-state index in [1.54, 1.807) is 25.1 Å². The fraction of sp³-hybridized carbons (Fsp3) is 0.538. The summed E-state index contributed by atoms with van der Waals surface area (Å²) in [6.07, 6.45) is 1.09. The molecule has 0 aliphatic carbocycles. The predicted octanol–water partition coefficient (Wildman–Crippen LogP) is 1.40. The summed E-state index contributed by atoms with van der Waals surface area (Å²) < 4.78 is 26.5. The molecule has 0 unspecified atom stereocenters. The molecule has 0 heterocycles. The molecule has 5 nitrogen and oxygen atoms in total. The molecule has 1 aromatic rings. The fourth-order valence-corrected chi connectivity index (χ4v) is 2.93. The number of rotatable bonds is 9. The van der Waals surface area contributed by atoms with Crippen molar-refractivity contribution in [2.45, 2.75) is 25.2 Å². The van der Waals surface area contributed by atoms with Crippen LogP contribution in [-0.2, 0) is 10.0 Å². The lowest BCUT2D eigenvalue weighted by Gasteiger charge is -2.12. The minimum atomic E-state index is -3.42. The highest BCUT2D eigenvalue weighted by Gasteiger charge is 2.16. The van der Waals surface area contributed by atoms with Crippen LogP contribution in [0.2, 0.25) is 0 Å². The summed E-state index contributed by atoms with van der Waals surface area (Å²) in [6.45, 7) is 6.73. The zero-order valence-electron chi connectivity index (χ0n) is 11.6. The fourth-order valence-electron chi connectivity index (χ4n) is 1.70. The van der Waals surface area contributed by atoms with Crippen LogP contribution in [0.3, 0.4) is 0 Å². The lowest BCUT2D eigenvalue weighted by atomic mass is 10.3. The standard InChI is InChI=1S/C13H23N3O2S/c1-3-9-14-10-11-15-12-7-5-6-8-13(12)19(17,18)16-4-2/h5-8,14-16H,3-4,9-11H2,1-2H3. The number of para-hydroxylation sites is 1. The first kappa shape index (κ1) is 15.9. The second-order valence-corrected chi connectivity index (χ2v) is 5.91. The van der Waals surface area contributed by atoms with E-state index in [2.05, 4.69) is 22.3 Å². The Morgan fingerprint density at radius 2 is 1.79 bits per heavy atom. The molecule has 0 bridgehead atoms. The summed E-state index contributed by atoms with van der Waals surface area (Å²) >= 11 is 0. The Morgan fingerprint density at radius 1 is 1.05 bits per heavy atom. The Hall–Kier alpha value is -1.11. The van der Waals surface area contributed by atoms with Gasteiger partial charge in [-0.25, -0.2) is 13.1 Å². The first-order chi connectivity index (χ1) is 9.11. The molecule has 0 saturated heterocycles. The zero-order chi connectivity index (χ0) is 14.1. The molecule has 0 fully saturated rings. The van der Waals surface area contributed by atoms with Crippen LogP contribution in [0.5, 0.6) is 0 Å². The number of benzene rings is 1. The van der Waals surface area contributed by atoms with Gasteiger partial charge in [-0.3, -0.25) is 0 Å². The lowest BCUT2D eigenvalue weighted by molar-refractivity contribution is 0.584. The zero-order valence-corrected chi connectivity index (χ0v) is 12.4. The number of nitrogens with one attached hydrogen (secondary N) is 3. The van der Waals surface area contributed by atoms with E-state index in [1.165, 1.54) is 0 Å². The van der Waals surface area contributed by atoms with Gasteiger partial charge in [-0.1, -0.05) is 26.0 Å². The van der Waals surface area contributed by atoms with Crippen LogP contribution in [0, 0.1) is 0 Å². The van der Waals surface area contributed by atoms with Crippen molar-refractivity contribution in [2.24, 2.45) is 0 Å². The number of anilines is 1. The monoisotopic (exact) mass is 285 g/mol. The number of sulfonamides is 1. The molecule has 0 saturated carbocycles. The predicted molar refractivity (Wildman–Crippen MR) is 79.0 cm³/mol. The SMILES string of the molecule is CCCNCCNc1ccccc1S(=O)(=O)NCC. The third-order valence-corrected chi connectivity index (χ3v) is 4.16. The van der Waals surface area contributed by atoms with Crippen molar-refractivity contribution in [2.75, 3.05) is 31.5 Å². The van der Waals surface area contributed by atoms with Gasteiger partial charge in [0.2, 0.25) is 10.0 Å². The van der Waals surface area contributed by atoms with Gasteiger partial charge in [-0.05, 0) is 25.1 Å². The summed E-state index contributed by atoms with van der Waals surface area (Å²) in [4.78, 5) is 0.298. The summed E-state index contributed by atoms with van der Waals surface area (Å²) in [5.74, 6) is 0. The van der Waals surface area contributed by atoms with Crippen LogP contribution < -0.4 is 15.4 Å². The van der Waals surface area contributed by atoms with E-state index < -0.39 is 10.0 Å². The third-order valence-electron chi connectivity index (χ3n) is 2.55. The normalized spacial score (nSPS) is 11.5. The molecule has 0 aliphatic rings. The van der Waals surface area contributed by atoms with E-state index in [0.717, 1.165) is 19.5 Å². The van der Waals surface area contributed by atoms with Crippen LogP contribution in [-0.4, -0.2) is 34.6 Å². The van der Waals surface area contributed by atoms with Crippen molar-refractivity contribution in [3.8, 4) is 0 Å². The molecule has 6 heteroatoms. The molecule has 0 radical (unpaired) electrons. The Bertz CT molecular complexity index is 475. The Labute approximate surface area is 115 Å². The van der Waals surface area contributed by atoms with Crippen molar-refractivity contribution in [1.29, 1.82) is 0 Å². The largest absolute Gasteiger partial charge is 0.383 e. The first-order valence-electron chi connectivity index (χ1n) is 6.65. The molecular weight excluding hydrogens is 262 g/mol. The van der Waals surface area contributed by atoms with E-state index in [-0.39, 0.29) is 0 Å². The Morgan fingerprint density at radius 3 is 2.47 bits per heavy atom. The molecule has 108 valence electrons. The van der Waals surface area contributed by atoms with Crippen molar-refractivity contribution in [1.82, 2.24) is 10.0 Å². The highest BCUT2D eigenvalue weighted by atomic mass is 32.2. The van der Waals surface area contributed by atoms with Gasteiger partial charge >= 0.3 is 0 Å². The van der Waals surface area contributed by atoms with Gasteiger partial charge in [0.05, 0.1) is 5.69 Å². The number of hydrogen-bond acceptors (Lipinski definition) is 4. The first-order valence-corrected chi connectivity index (χ1v) is 8.13. The van der Waals surface area contributed by atoms with E-state index in [0.29, 0.717) is 23.7 Å².